The fourth-order valence-electron chi connectivity index (χ4n) is 2.64. The number of hydrogen-bond acceptors (Lipinski definition) is 3. The Bertz CT molecular complexity index is 444. The summed E-state index contributed by atoms with van der Waals surface area (Å²) in [6.07, 6.45) is 2.29. The highest BCUT2D eigenvalue weighted by Gasteiger charge is 2.35. The van der Waals surface area contributed by atoms with Crippen LogP contribution in [0.4, 0.5) is 0 Å². The van der Waals surface area contributed by atoms with Crippen LogP contribution in [0.2, 0.25) is 0 Å². The molecular formula is C14H21BrN2O2. The van der Waals surface area contributed by atoms with Gasteiger partial charge in [-0.1, -0.05) is 13.8 Å². The number of nitrogens with zero attached hydrogens (tertiary/aromatic N) is 1. The van der Waals surface area contributed by atoms with E-state index in [4.69, 9.17) is 10.2 Å². The Kier molecular flexibility index (Phi) is 4.68. The molecule has 2 rings (SSSR count). The highest BCUT2D eigenvalue weighted by atomic mass is 79.9. The Morgan fingerprint density at radius 2 is 2.26 bits per heavy atom. The van der Waals surface area contributed by atoms with Crippen molar-refractivity contribution in [2.75, 3.05) is 6.54 Å². The van der Waals surface area contributed by atoms with E-state index in [0.717, 1.165) is 25.1 Å². The quantitative estimate of drug-likeness (QED) is 0.927. The first-order valence-electron chi connectivity index (χ1n) is 6.79. The predicted octanol–water partition coefficient (Wildman–Crippen LogP) is 3.08. The lowest BCUT2D eigenvalue weighted by molar-refractivity contribution is -0.134. The summed E-state index contributed by atoms with van der Waals surface area (Å²) in [5.74, 6) is 1.37. The van der Waals surface area contributed by atoms with Gasteiger partial charge in [-0.05, 0) is 46.8 Å². The van der Waals surface area contributed by atoms with Gasteiger partial charge in [-0.25, -0.2) is 0 Å². The van der Waals surface area contributed by atoms with Gasteiger partial charge < -0.3 is 15.1 Å². The minimum absolute atomic E-state index is 0.0664. The molecule has 0 radical (unpaired) electrons. The molecule has 1 aromatic rings. The number of amides is 1. The first-order valence-corrected chi connectivity index (χ1v) is 7.58. The molecule has 5 heteroatoms. The van der Waals surface area contributed by atoms with E-state index in [9.17, 15) is 4.79 Å². The van der Waals surface area contributed by atoms with Crippen molar-refractivity contribution in [1.82, 2.24) is 4.90 Å². The number of furan rings is 1. The average molecular weight is 329 g/mol. The van der Waals surface area contributed by atoms with Gasteiger partial charge in [0.2, 0.25) is 5.91 Å². The van der Waals surface area contributed by atoms with Crippen LogP contribution in [0.1, 0.15) is 44.9 Å². The number of nitrogens with two attached hydrogens (primary N) is 1. The van der Waals surface area contributed by atoms with E-state index in [2.05, 4.69) is 29.8 Å². The summed E-state index contributed by atoms with van der Waals surface area (Å²) in [5, 5.41) is 0. The summed E-state index contributed by atoms with van der Waals surface area (Å²) in [4.78, 5) is 14.2. The zero-order chi connectivity index (χ0) is 14.0. The zero-order valence-electron chi connectivity index (χ0n) is 11.4. The molecule has 0 aromatic carbocycles. The molecule has 1 fully saturated rings. The molecule has 0 aliphatic carbocycles. The maximum Gasteiger partial charge on any atom is 0.223 e. The molecule has 1 saturated heterocycles. The second kappa shape index (κ2) is 6.09. The summed E-state index contributed by atoms with van der Waals surface area (Å²) in [6, 6.07) is 3.54. The van der Waals surface area contributed by atoms with Crippen LogP contribution in [0.5, 0.6) is 0 Å². The molecule has 106 valence electrons. The second-order valence-corrected chi connectivity index (χ2v) is 6.36. The van der Waals surface area contributed by atoms with Crippen molar-refractivity contribution in [1.29, 1.82) is 0 Å². The molecule has 2 heterocycles. The van der Waals surface area contributed by atoms with Crippen molar-refractivity contribution in [3.8, 4) is 0 Å². The number of hydrogen-bond donors (Lipinski definition) is 1. The smallest absolute Gasteiger partial charge is 0.223 e. The van der Waals surface area contributed by atoms with Crippen LogP contribution < -0.4 is 5.73 Å². The van der Waals surface area contributed by atoms with E-state index in [0.29, 0.717) is 17.0 Å². The van der Waals surface area contributed by atoms with E-state index in [1.807, 2.05) is 17.0 Å². The topological polar surface area (TPSA) is 59.5 Å². The number of rotatable bonds is 3. The van der Waals surface area contributed by atoms with Gasteiger partial charge in [-0.2, -0.15) is 0 Å². The summed E-state index contributed by atoms with van der Waals surface area (Å²) >= 11 is 3.31. The van der Waals surface area contributed by atoms with Crippen molar-refractivity contribution in [2.45, 2.75) is 45.2 Å². The highest BCUT2D eigenvalue weighted by Crippen LogP contribution is 2.32. The fraction of sp³-hybridized carbons (Fsp3) is 0.643. The summed E-state index contributed by atoms with van der Waals surface area (Å²) in [7, 11) is 0. The Labute approximate surface area is 122 Å². The van der Waals surface area contributed by atoms with Gasteiger partial charge in [0.05, 0.1) is 0 Å². The number of carbonyl (C=O) groups is 1. The maximum atomic E-state index is 12.3. The van der Waals surface area contributed by atoms with E-state index in [-0.39, 0.29) is 18.0 Å². The standard InChI is InChI=1S/C14H21BrN2O2/c1-9(2)8-17-13(18)5-3-4-10(16)14(17)11-6-7-12(15)19-11/h6-7,9-10,14H,3-5,8,16H2,1-2H3. The first-order chi connectivity index (χ1) is 8.99. The molecule has 1 aliphatic rings. The van der Waals surface area contributed by atoms with Crippen LogP contribution >= 0.6 is 15.9 Å². The molecule has 19 heavy (non-hydrogen) atoms. The van der Waals surface area contributed by atoms with Crippen LogP contribution in [0.15, 0.2) is 21.2 Å². The minimum Gasteiger partial charge on any atom is -0.452 e. The summed E-state index contributed by atoms with van der Waals surface area (Å²) in [6.45, 7) is 4.94. The Hall–Kier alpha value is -0.810. The molecule has 4 nitrogen and oxygen atoms in total. The lowest BCUT2D eigenvalue weighted by Gasteiger charge is -2.33. The monoisotopic (exact) mass is 328 g/mol. The Morgan fingerprint density at radius 3 is 2.84 bits per heavy atom. The van der Waals surface area contributed by atoms with Gasteiger partial charge in [0.1, 0.15) is 11.8 Å². The van der Waals surface area contributed by atoms with Gasteiger partial charge in [0.15, 0.2) is 4.67 Å². The Morgan fingerprint density at radius 1 is 1.53 bits per heavy atom. The second-order valence-electron chi connectivity index (χ2n) is 5.58. The maximum absolute atomic E-state index is 12.3. The lowest BCUT2D eigenvalue weighted by Crippen LogP contribution is -2.43. The molecule has 0 bridgehead atoms. The molecule has 1 amide bonds. The third-order valence-corrected chi connectivity index (χ3v) is 3.86. The van der Waals surface area contributed by atoms with Gasteiger partial charge >= 0.3 is 0 Å². The SMILES string of the molecule is CC(C)CN1C(=O)CCCC(N)C1c1ccc(Br)o1. The van der Waals surface area contributed by atoms with E-state index in [1.54, 1.807) is 0 Å². The van der Waals surface area contributed by atoms with Crippen molar-refractivity contribution >= 4 is 21.8 Å². The highest BCUT2D eigenvalue weighted by molar-refractivity contribution is 9.10. The Balaban J connectivity index is 2.33. The third kappa shape index (κ3) is 3.39. The van der Waals surface area contributed by atoms with Gasteiger partial charge in [-0.15, -0.1) is 0 Å². The molecule has 1 aromatic heterocycles. The number of halogens is 1. The molecule has 2 N–H and O–H groups in total. The lowest BCUT2D eigenvalue weighted by atomic mass is 10.0. The number of likely N-dealkylation sites (tertiary alicyclic amines) is 1. The molecule has 0 saturated carbocycles. The number of carbonyl (C=O) groups excluding carboxylic acids is 1. The molecule has 0 spiro atoms. The van der Waals surface area contributed by atoms with Crippen molar-refractivity contribution < 1.29 is 9.21 Å². The minimum atomic E-state index is -0.149. The molecule has 2 unspecified atom stereocenters. The largest absolute Gasteiger partial charge is 0.452 e. The first kappa shape index (κ1) is 14.6. The van der Waals surface area contributed by atoms with Crippen LogP contribution in [0.25, 0.3) is 0 Å². The molecule has 1 aliphatic heterocycles. The van der Waals surface area contributed by atoms with Crippen LogP contribution in [-0.4, -0.2) is 23.4 Å². The normalized spacial score (nSPS) is 24.9. The van der Waals surface area contributed by atoms with Crippen LogP contribution in [0, 0.1) is 5.92 Å². The van der Waals surface area contributed by atoms with E-state index >= 15 is 0 Å². The summed E-state index contributed by atoms with van der Waals surface area (Å²) in [5.41, 5.74) is 6.28. The van der Waals surface area contributed by atoms with Crippen molar-refractivity contribution in [2.24, 2.45) is 11.7 Å². The van der Waals surface area contributed by atoms with Crippen molar-refractivity contribution in [3.63, 3.8) is 0 Å². The van der Waals surface area contributed by atoms with E-state index < -0.39 is 0 Å². The average Bonchev–Trinajstić information content (AvgIpc) is 2.68. The van der Waals surface area contributed by atoms with Gasteiger partial charge in [0.25, 0.3) is 0 Å². The van der Waals surface area contributed by atoms with Crippen LogP contribution in [0.3, 0.4) is 0 Å². The molecule has 2 atom stereocenters. The molecular weight excluding hydrogens is 308 g/mol. The summed E-state index contributed by atoms with van der Waals surface area (Å²) < 4.78 is 6.33. The van der Waals surface area contributed by atoms with Gasteiger partial charge in [0, 0.05) is 19.0 Å². The van der Waals surface area contributed by atoms with Crippen molar-refractivity contribution in [3.05, 3.63) is 22.6 Å². The zero-order valence-corrected chi connectivity index (χ0v) is 13.0. The van der Waals surface area contributed by atoms with Crippen LogP contribution in [-0.2, 0) is 4.79 Å². The third-order valence-electron chi connectivity index (χ3n) is 3.44. The van der Waals surface area contributed by atoms with E-state index in [1.165, 1.54) is 0 Å². The van der Waals surface area contributed by atoms with Gasteiger partial charge in [-0.3, -0.25) is 4.79 Å². The predicted molar refractivity (Wildman–Crippen MR) is 77.5 cm³/mol. The fourth-order valence-corrected chi connectivity index (χ4v) is 2.96.